The van der Waals surface area contributed by atoms with Crippen LogP contribution in [0.15, 0.2) is 0 Å². The summed E-state index contributed by atoms with van der Waals surface area (Å²) in [6, 6.07) is 3.07. The molecule has 1 heterocycles. The Morgan fingerprint density at radius 1 is 1.47 bits per heavy atom. The molecule has 0 amide bonds. The summed E-state index contributed by atoms with van der Waals surface area (Å²) in [5.74, 6) is 0. The summed E-state index contributed by atoms with van der Waals surface area (Å²) >= 11 is 0. The van der Waals surface area contributed by atoms with E-state index in [0.717, 1.165) is 19.4 Å². The molecular formula is C15H30N4. The van der Waals surface area contributed by atoms with E-state index in [1.54, 1.807) is 0 Å². The molecule has 0 saturated carbocycles. The summed E-state index contributed by atoms with van der Waals surface area (Å²) in [4.78, 5) is 4.93. The summed E-state index contributed by atoms with van der Waals surface area (Å²) in [5.41, 5.74) is -0.358. The number of nitrogens with zero attached hydrogens (tertiary/aromatic N) is 3. The van der Waals surface area contributed by atoms with E-state index in [1.165, 1.54) is 32.4 Å². The first kappa shape index (κ1) is 16.4. The molecule has 1 fully saturated rings. The minimum absolute atomic E-state index is 0.358. The number of nitrogens with one attached hydrogen (secondary N) is 1. The van der Waals surface area contributed by atoms with Gasteiger partial charge in [0.25, 0.3) is 0 Å². The molecule has 0 aromatic heterocycles. The molecule has 1 aliphatic rings. The highest BCUT2D eigenvalue weighted by Crippen LogP contribution is 2.16. The molecule has 2 unspecified atom stereocenters. The first-order valence-corrected chi connectivity index (χ1v) is 7.49. The summed E-state index contributed by atoms with van der Waals surface area (Å²) < 4.78 is 0. The third kappa shape index (κ3) is 5.48. The standard InChI is InChI=1S/C15H30N4/c1-15(13-16,17-2)9-5-6-11-19(4)14-8-7-10-18(3)12-14/h14,17H,5-12H2,1-4H3. The van der Waals surface area contributed by atoms with Crippen LogP contribution >= 0.6 is 0 Å². The number of piperidine rings is 1. The van der Waals surface area contributed by atoms with Crippen molar-refractivity contribution < 1.29 is 0 Å². The second-order valence-electron chi connectivity index (χ2n) is 6.19. The quantitative estimate of drug-likeness (QED) is 0.712. The lowest BCUT2D eigenvalue weighted by Crippen LogP contribution is -2.45. The van der Waals surface area contributed by atoms with Gasteiger partial charge < -0.3 is 15.1 Å². The Hall–Kier alpha value is -0.630. The zero-order valence-corrected chi connectivity index (χ0v) is 13.1. The minimum atomic E-state index is -0.358. The number of unbranched alkanes of at least 4 members (excludes halogenated alkanes) is 1. The molecule has 110 valence electrons. The van der Waals surface area contributed by atoms with Crippen molar-refractivity contribution in [2.45, 2.75) is 50.6 Å². The molecule has 0 aliphatic carbocycles. The number of hydrogen-bond donors (Lipinski definition) is 1. The first-order valence-electron chi connectivity index (χ1n) is 7.49. The van der Waals surface area contributed by atoms with E-state index in [1.807, 2.05) is 14.0 Å². The van der Waals surface area contributed by atoms with E-state index >= 15 is 0 Å². The van der Waals surface area contributed by atoms with Gasteiger partial charge in [-0.25, -0.2) is 0 Å². The third-order valence-corrected chi connectivity index (χ3v) is 4.46. The molecule has 1 aliphatic heterocycles. The van der Waals surface area contributed by atoms with E-state index in [9.17, 15) is 0 Å². The zero-order valence-electron chi connectivity index (χ0n) is 13.1. The fraction of sp³-hybridized carbons (Fsp3) is 0.933. The van der Waals surface area contributed by atoms with E-state index in [0.29, 0.717) is 6.04 Å². The summed E-state index contributed by atoms with van der Waals surface area (Å²) in [6.45, 7) is 5.56. The molecule has 1 rings (SSSR count). The van der Waals surface area contributed by atoms with E-state index in [4.69, 9.17) is 5.26 Å². The fourth-order valence-electron chi connectivity index (χ4n) is 2.76. The molecule has 0 radical (unpaired) electrons. The average molecular weight is 266 g/mol. The van der Waals surface area contributed by atoms with Gasteiger partial charge in [-0.1, -0.05) is 0 Å². The Balaban J connectivity index is 2.20. The van der Waals surface area contributed by atoms with Gasteiger partial charge in [-0.15, -0.1) is 0 Å². The van der Waals surface area contributed by atoms with Gasteiger partial charge in [-0.3, -0.25) is 0 Å². The van der Waals surface area contributed by atoms with Gasteiger partial charge in [-0.05, 0) is 73.3 Å². The Bertz CT molecular complexity index is 299. The van der Waals surface area contributed by atoms with Crippen LogP contribution in [0.3, 0.4) is 0 Å². The molecule has 2 atom stereocenters. The SMILES string of the molecule is CNC(C)(C#N)CCCCN(C)C1CCCN(C)C1. The molecule has 4 heteroatoms. The molecule has 0 aromatic rings. The van der Waals surface area contributed by atoms with E-state index in [-0.39, 0.29) is 5.54 Å². The predicted molar refractivity (Wildman–Crippen MR) is 80.1 cm³/mol. The van der Waals surface area contributed by atoms with Crippen molar-refractivity contribution in [1.29, 1.82) is 5.26 Å². The molecule has 1 N–H and O–H groups in total. The van der Waals surface area contributed by atoms with Crippen molar-refractivity contribution in [3.63, 3.8) is 0 Å². The Morgan fingerprint density at radius 2 is 2.21 bits per heavy atom. The smallest absolute Gasteiger partial charge is 0.103 e. The zero-order chi connectivity index (χ0) is 14.3. The average Bonchev–Trinajstić information content (AvgIpc) is 2.43. The van der Waals surface area contributed by atoms with E-state index in [2.05, 4.69) is 35.3 Å². The molecular weight excluding hydrogens is 236 g/mol. The van der Waals surface area contributed by atoms with Crippen molar-refractivity contribution >= 4 is 0 Å². The second kappa shape index (κ2) is 7.84. The van der Waals surface area contributed by atoms with Gasteiger partial charge in [0.05, 0.1) is 6.07 Å². The Kier molecular flexibility index (Phi) is 6.78. The van der Waals surface area contributed by atoms with Crippen LogP contribution in [0.4, 0.5) is 0 Å². The molecule has 1 saturated heterocycles. The van der Waals surface area contributed by atoms with Crippen LogP contribution in [-0.4, -0.2) is 62.2 Å². The number of hydrogen-bond acceptors (Lipinski definition) is 4. The van der Waals surface area contributed by atoms with Crippen molar-refractivity contribution in [3.05, 3.63) is 0 Å². The van der Waals surface area contributed by atoms with Crippen LogP contribution in [-0.2, 0) is 0 Å². The molecule has 4 nitrogen and oxygen atoms in total. The van der Waals surface area contributed by atoms with Crippen LogP contribution in [0.5, 0.6) is 0 Å². The van der Waals surface area contributed by atoms with Crippen LogP contribution in [0.2, 0.25) is 0 Å². The van der Waals surface area contributed by atoms with Crippen molar-refractivity contribution in [1.82, 2.24) is 15.1 Å². The first-order chi connectivity index (χ1) is 9.00. The van der Waals surface area contributed by atoms with Crippen molar-refractivity contribution in [2.24, 2.45) is 0 Å². The lowest BCUT2D eigenvalue weighted by atomic mass is 9.96. The van der Waals surface area contributed by atoms with Gasteiger partial charge in [0, 0.05) is 12.6 Å². The highest BCUT2D eigenvalue weighted by Gasteiger charge is 2.22. The maximum Gasteiger partial charge on any atom is 0.103 e. The predicted octanol–water partition coefficient (Wildman–Crippen LogP) is 1.68. The van der Waals surface area contributed by atoms with Crippen LogP contribution in [0.1, 0.15) is 39.0 Å². The largest absolute Gasteiger partial charge is 0.305 e. The Labute approximate surface area is 118 Å². The van der Waals surface area contributed by atoms with Gasteiger partial charge >= 0.3 is 0 Å². The number of likely N-dealkylation sites (tertiary alicyclic amines) is 1. The lowest BCUT2D eigenvalue weighted by molar-refractivity contribution is 0.132. The number of likely N-dealkylation sites (N-methyl/N-ethyl adjacent to an activating group) is 2. The van der Waals surface area contributed by atoms with Gasteiger partial charge in [0.2, 0.25) is 0 Å². The van der Waals surface area contributed by atoms with Gasteiger partial charge in [0.15, 0.2) is 0 Å². The van der Waals surface area contributed by atoms with Gasteiger partial charge in [0.1, 0.15) is 5.54 Å². The number of rotatable bonds is 7. The van der Waals surface area contributed by atoms with Crippen LogP contribution < -0.4 is 5.32 Å². The highest BCUT2D eigenvalue weighted by atomic mass is 15.2. The lowest BCUT2D eigenvalue weighted by Gasteiger charge is -2.36. The molecule has 19 heavy (non-hydrogen) atoms. The normalized spacial score (nSPS) is 24.1. The topological polar surface area (TPSA) is 42.3 Å². The van der Waals surface area contributed by atoms with Crippen molar-refractivity contribution in [2.75, 3.05) is 40.8 Å². The molecule has 0 spiro atoms. The monoisotopic (exact) mass is 266 g/mol. The Morgan fingerprint density at radius 3 is 2.79 bits per heavy atom. The summed E-state index contributed by atoms with van der Waals surface area (Å²) in [5, 5.41) is 12.2. The third-order valence-electron chi connectivity index (χ3n) is 4.46. The summed E-state index contributed by atoms with van der Waals surface area (Å²) in [6.07, 6.45) is 5.86. The van der Waals surface area contributed by atoms with Crippen LogP contribution in [0, 0.1) is 11.3 Å². The summed E-state index contributed by atoms with van der Waals surface area (Å²) in [7, 11) is 6.32. The maximum atomic E-state index is 9.10. The minimum Gasteiger partial charge on any atom is -0.305 e. The number of nitriles is 1. The van der Waals surface area contributed by atoms with E-state index < -0.39 is 0 Å². The maximum absolute atomic E-state index is 9.10. The highest BCUT2D eigenvalue weighted by molar-refractivity contribution is 5.02. The van der Waals surface area contributed by atoms with Crippen molar-refractivity contribution in [3.8, 4) is 6.07 Å². The molecule has 0 bridgehead atoms. The van der Waals surface area contributed by atoms with Gasteiger partial charge in [-0.2, -0.15) is 5.26 Å². The fourth-order valence-corrected chi connectivity index (χ4v) is 2.76. The van der Waals surface area contributed by atoms with Crippen LogP contribution in [0.25, 0.3) is 0 Å². The second-order valence-corrected chi connectivity index (χ2v) is 6.19. The molecule has 0 aromatic carbocycles.